The highest BCUT2D eigenvalue weighted by molar-refractivity contribution is 6.04. The van der Waals surface area contributed by atoms with Crippen LogP contribution in [0.15, 0.2) is 79.1 Å². The van der Waals surface area contributed by atoms with E-state index >= 15 is 0 Å². The van der Waals surface area contributed by atoms with Crippen molar-refractivity contribution in [2.75, 3.05) is 10.6 Å². The van der Waals surface area contributed by atoms with Gasteiger partial charge in [-0.05, 0) is 60.9 Å². The van der Waals surface area contributed by atoms with E-state index in [-0.39, 0.29) is 17.7 Å². The Bertz CT molecular complexity index is 1280. The molecule has 2 atom stereocenters. The molecule has 5 rings (SSSR count). The molecule has 1 aliphatic rings. The van der Waals surface area contributed by atoms with E-state index in [1.54, 1.807) is 36.4 Å². The van der Waals surface area contributed by atoms with Crippen LogP contribution >= 0.6 is 0 Å². The summed E-state index contributed by atoms with van der Waals surface area (Å²) in [5.41, 5.74) is 3.51. The first kappa shape index (κ1) is 20.8. The van der Waals surface area contributed by atoms with Crippen LogP contribution in [0.1, 0.15) is 29.4 Å². The molecule has 7 heteroatoms. The van der Waals surface area contributed by atoms with Crippen LogP contribution in [0.2, 0.25) is 0 Å². The molecule has 2 aromatic heterocycles. The summed E-state index contributed by atoms with van der Waals surface area (Å²) in [6, 6.07) is 20.0. The van der Waals surface area contributed by atoms with E-state index in [9.17, 15) is 9.59 Å². The largest absolute Gasteiger partial charge is 0.487 e. The number of nitrogens with one attached hydrogen (secondary N) is 2. The summed E-state index contributed by atoms with van der Waals surface area (Å²) in [6.45, 7) is 2.39. The van der Waals surface area contributed by atoms with Crippen LogP contribution in [0.5, 0.6) is 5.75 Å². The fraction of sp³-hybridized carbons (Fsp3) is 0.192. The number of fused-ring (bicyclic) bond motifs is 1. The molecule has 0 saturated heterocycles. The van der Waals surface area contributed by atoms with Gasteiger partial charge in [-0.25, -0.2) is 4.98 Å². The lowest BCUT2D eigenvalue weighted by atomic mass is 10.2. The standard InChI is InChI=1S/C26H24N4O3/c1-17-13-23(17)26(32)28-19-10-8-18(9-11-19)25(31)29-20-5-4-6-22(14-20)33-16-21-15-30-12-3-2-7-24(30)27-21/h2-12,14-15,17,23H,13,16H2,1H3,(H,28,32)(H,29,31). The Kier molecular flexibility index (Phi) is 5.52. The molecule has 1 fully saturated rings. The van der Waals surface area contributed by atoms with Crippen molar-refractivity contribution in [2.24, 2.45) is 11.8 Å². The second-order valence-corrected chi connectivity index (χ2v) is 8.36. The number of benzene rings is 2. The van der Waals surface area contributed by atoms with Crippen LogP contribution in [-0.2, 0) is 11.4 Å². The monoisotopic (exact) mass is 440 g/mol. The lowest BCUT2D eigenvalue weighted by Crippen LogP contribution is -2.15. The van der Waals surface area contributed by atoms with E-state index in [1.165, 1.54) is 0 Å². The van der Waals surface area contributed by atoms with Gasteiger partial charge in [-0.2, -0.15) is 0 Å². The van der Waals surface area contributed by atoms with Gasteiger partial charge in [0.1, 0.15) is 18.0 Å². The van der Waals surface area contributed by atoms with Gasteiger partial charge >= 0.3 is 0 Å². The maximum atomic E-state index is 12.6. The lowest BCUT2D eigenvalue weighted by Gasteiger charge is -2.09. The number of amides is 2. The fourth-order valence-electron chi connectivity index (χ4n) is 3.71. The Morgan fingerprint density at radius 3 is 2.61 bits per heavy atom. The summed E-state index contributed by atoms with van der Waals surface area (Å²) in [5, 5.41) is 5.79. The highest BCUT2D eigenvalue weighted by Crippen LogP contribution is 2.38. The minimum atomic E-state index is -0.235. The predicted octanol–water partition coefficient (Wildman–Crippen LogP) is 4.76. The molecule has 2 aromatic carbocycles. The topological polar surface area (TPSA) is 84.7 Å². The van der Waals surface area contributed by atoms with Crippen molar-refractivity contribution < 1.29 is 14.3 Å². The zero-order valence-corrected chi connectivity index (χ0v) is 18.2. The fourth-order valence-corrected chi connectivity index (χ4v) is 3.71. The molecule has 0 spiro atoms. The molecule has 0 aliphatic heterocycles. The number of hydrogen-bond acceptors (Lipinski definition) is 4. The van der Waals surface area contributed by atoms with Gasteiger partial charge in [0.05, 0.1) is 5.69 Å². The van der Waals surface area contributed by atoms with E-state index in [0.29, 0.717) is 35.2 Å². The number of anilines is 2. The molecule has 2 N–H and O–H groups in total. The van der Waals surface area contributed by atoms with Gasteiger partial charge in [-0.3, -0.25) is 9.59 Å². The number of imidazole rings is 1. The Balaban J connectivity index is 1.18. The molecule has 0 radical (unpaired) electrons. The summed E-state index contributed by atoms with van der Waals surface area (Å²) >= 11 is 0. The number of rotatable bonds is 7. The minimum Gasteiger partial charge on any atom is -0.487 e. The third-order valence-corrected chi connectivity index (χ3v) is 5.75. The van der Waals surface area contributed by atoms with E-state index in [4.69, 9.17) is 4.74 Å². The third-order valence-electron chi connectivity index (χ3n) is 5.75. The number of ether oxygens (including phenoxy) is 1. The number of carbonyl (C=O) groups excluding carboxylic acids is 2. The van der Waals surface area contributed by atoms with Gasteiger partial charge in [-0.1, -0.05) is 19.1 Å². The molecule has 166 valence electrons. The number of aromatic nitrogens is 2. The normalized spacial score (nSPS) is 16.9. The van der Waals surface area contributed by atoms with Crippen LogP contribution in [-0.4, -0.2) is 21.2 Å². The SMILES string of the molecule is CC1CC1C(=O)Nc1ccc(C(=O)Nc2cccc(OCc3cn4ccccc4n3)c2)cc1. The number of carbonyl (C=O) groups is 2. The first-order chi connectivity index (χ1) is 16.0. The Hall–Kier alpha value is -4.13. The first-order valence-electron chi connectivity index (χ1n) is 10.9. The van der Waals surface area contributed by atoms with Crippen LogP contribution in [0.25, 0.3) is 5.65 Å². The van der Waals surface area contributed by atoms with E-state index in [2.05, 4.69) is 22.5 Å². The summed E-state index contributed by atoms with van der Waals surface area (Å²) in [5.74, 6) is 1.00. The molecular formula is C26H24N4O3. The van der Waals surface area contributed by atoms with Crippen LogP contribution < -0.4 is 15.4 Å². The highest BCUT2D eigenvalue weighted by Gasteiger charge is 2.39. The minimum absolute atomic E-state index is 0.0418. The van der Waals surface area contributed by atoms with E-state index in [1.807, 2.05) is 47.1 Å². The van der Waals surface area contributed by atoms with Crippen LogP contribution in [0, 0.1) is 11.8 Å². The molecule has 33 heavy (non-hydrogen) atoms. The lowest BCUT2D eigenvalue weighted by molar-refractivity contribution is -0.117. The molecule has 2 amide bonds. The first-order valence-corrected chi connectivity index (χ1v) is 10.9. The predicted molar refractivity (Wildman–Crippen MR) is 126 cm³/mol. The molecule has 1 aliphatic carbocycles. The summed E-state index contributed by atoms with van der Waals surface area (Å²) in [7, 11) is 0. The Morgan fingerprint density at radius 2 is 1.85 bits per heavy atom. The second-order valence-electron chi connectivity index (χ2n) is 8.36. The quantitative estimate of drug-likeness (QED) is 0.434. The number of hydrogen-bond donors (Lipinski definition) is 2. The molecule has 2 unspecified atom stereocenters. The van der Waals surface area contributed by atoms with Gasteiger partial charge in [0, 0.05) is 41.3 Å². The summed E-state index contributed by atoms with van der Waals surface area (Å²) in [6.07, 6.45) is 4.81. The summed E-state index contributed by atoms with van der Waals surface area (Å²) in [4.78, 5) is 29.2. The maximum absolute atomic E-state index is 12.6. The van der Waals surface area contributed by atoms with Crippen molar-refractivity contribution in [2.45, 2.75) is 20.0 Å². The molecule has 2 heterocycles. The molecule has 0 bridgehead atoms. The van der Waals surface area contributed by atoms with Crippen molar-refractivity contribution >= 4 is 28.8 Å². The Labute approximate surface area is 191 Å². The average Bonchev–Trinajstić information content (AvgIpc) is 3.41. The van der Waals surface area contributed by atoms with Crippen molar-refractivity contribution in [3.8, 4) is 5.75 Å². The number of pyridine rings is 1. The average molecular weight is 441 g/mol. The van der Waals surface area contributed by atoms with E-state index < -0.39 is 0 Å². The number of nitrogens with zero attached hydrogens (tertiary/aromatic N) is 2. The smallest absolute Gasteiger partial charge is 0.255 e. The van der Waals surface area contributed by atoms with Gasteiger partial charge in [0.15, 0.2) is 0 Å². The van der Waals surface area contributed by atoms with Gasteiger partial charge < -0.3 is 19.8 Å². The highest BCUT2D eigenvalue weighted by atomic mass is 16.5. The maximum Gasteiger partial charge on any atom is 0.255 e. The van der Waals surface area contributed by atoms with Crippen molar-refractivity contribution in [1.82, 2.24) is 9.38 Å². The van der Waals surface area contributed by atoms with Gasteiger partial charge in [0.25, 0.3) is 5.91 Å². The molecular weight excluding hydrogens is 416 g/mol. The molecule has 7 nitrogen and oxygen atoms in total. The van der Waals surface area contributed by atoms with Crippen molar-refractivity contribution in [1.29, 1.82) is 0 Å². The second kappa shape index (κ2) is 8.78. The molecule has 4 aromatic rings. The van der Waals surface area contributed by atoms with Gasteiger partial charge in [-0.15, -0.1) is 0 Å². The third kappa shape index (κ3) is 4.87. The van der Waals surface area contributed by atoms with Crippen molar-refractivity contribution in [3.63, 3.8) is 0 Å². The van der Waals surface area contributed by atoms with Gasteiger partial charge in [0.2, 0.25) is 5.91 Å². The molecule has 1 saturated carbocycles. The van der Waals surface area contributed by atoms with Crippen LogP contribution in [0.4, 0.5) is 11.4 Å². The van der Waals surface area contributed by atoms with Crippen molar-refractivity contribution in [3.05, 3.63) is 90.4 Å². The summed E-state index contributed by atoms with van der Waals surface area (Å²) < 4.78 is 7.81. The zero-order valence-electron chi connectivity index (χ0n) is 18.2. The van der Waals surface area contributed by atoms with Crippen LogP contribution in [0.3, 0.4) is 0 Å². The zero-order chi connectivity index (χ0) is 22.8. The van der Waals surface area contributed by atoms with E-state index in [0.717, 1.165) is 17.8 Å². The Morgan fingerprint density at radius 1 is 1.03 bits per heavy atom.